The van der Waals surface area contributed by atoms with E-state index in [1.165, 1.54) is 70.8 Å². The van der Waals surface area contributed by atoms with E-state index < -0.39 is 0 Å². The van der Waals surface area contributed by atoms with E-state index in [-0.39, 0.29) is 0 Å². The molecule has 2 aliphatic carbocycles. The van der Waals surface area contributed by atoms with E-state index in [1.807, 2.05) is 0 Å². The summed E-state index contributed by atoms with van der Waals surface area (Å²) in [7, 11) is 0. The van der Waals surface area contributed by atoms with Gasteiger partial charge in [-0.05, 0) is 56.4 Å². The van der Waals surface area contributed by atoms with Crippen LogP contribution in [-0.2, 0) is 0 Å². The minimum Gasteiger partial charge on any atom is -0.314 e. The van der Waals surface area contributed by atoms with Crippen LogP contribution in [-0.4, -0.2) is 12.6 Å². The largest absolute Gasteiger partial charge is 0.314 e. The summed E-state index contributed by atoms with van der Waals surface area (Å²) in [6.45, 7) is 6.11. The Hall–Kier alpha value is -0.0400. The van der Waals surface area contributed by atoms with Crippen molar-refractivity contribution in [3.63, 3.8) is 0 Å². The van der Waals surface area contributed by atoms with Gasteiger partial charge in [-0.2, -0.15) is 0 Å². The summed E-state index contributed by atoms with van der Waals surface area (Å²) >= 11 is 0. The summed E-state index contributed by atoms with van der Waals surface area (Å²) in [5, 5.41) is 3.78. The Morgan fingerprint density at radius 3 is 2.29 bits per heavy atom. The van der Waals surface area contributed by atoms with Crippen LogP contribution in [0.15, 0.2) is 0 Å². The van der Waals surface area contributed by atoms with Crippen molar-refractivity contribution in [2.75, 3.05) is 6.54 Å². The molecule has 0 spiro atoms. The van der Waals surface area contributed by atoms with Crippen LogP contribution in [0.1, 0.15) is 78.1 Å². The average Bonchev–Trinajstić information content (AvgIpc) is 2.79. The lowest BCUT2D eigenvalue weighted by Crippen LogP contribution is -2.36. The van der Waals surface area contributed by atoms with Gasteiger partial charge in [0.1, 0.15) is 0 Å². The van der Waals surface area contributed by atoms with E-state index in [4.69, 9.17) is 0 Å². The molecule has 0 heterocycles. The van der Waals surface area contributed by atoms with Crippen LogP contribution < -0.4 is 5.32 Å². The molecule has 17 heavy (non-hydrogen) atoms. The van der Waals surface area contributed by atoms with Gasteiger partial charge in [0.15, 0.2) is 0 Å². The first-order valence-corrected chi connectivity index (χ1v) is 7.89. The number of rotatable bonds is 5. The van der Waals surface area contributed by atoms with E-state index in [9.17, 15) is 0 Å². The Morgan fingerprint density at radius 2 is 1.65 bits per heavy atom. The van der Waals surface area contributed by atoms with E-state index in [1.54, 1.807) is 0 Å². The fourth-order valence-corrected chi connectivity index (χ4v) is 3.60. The molecule has 1 nitrogen and oxygen atoms in total. The van der Waals surface area contributed by atoms with Gasteiger partial charge in [0.2, 0.25) is 0 Å². The molecule has 0 aromatic carbocycles. The Morgan fingerprint density at radius 1 is 1.00 bits per heavy atom. The normalized spacial score (nSPS) is 26.5. The van der Waals surface area contributed by atoms with E-state index in [2.05, 4.69) is 19.2 Å². The molecule has 2 fully saturated rings. The molecular weight excluding hydrogens is 206 g/mol. The average molecular weight is 237 g/mol. The van der Waals surface area contributed by atoms with Crippen LogP contribution in [0.3, 0.4) is 0 Å². The maximum absolute atomic E-state index is 3.78. The maximum Gasteiger partial charge on any atom is 0.00674 e. The van der Waals surface area contributed by atoms with E-state index >= 15 is 0 Å². The lowest BCUT2D eigenvalue weighted by atomic mass is 9.75. The monoisotopic (exact) mass is 237 g/mol. The molecule has 0 unspecified atom stereocenters. The molecule has 100 valence electrons. The summed E-state index contributed by atoms with van der Waals surface area (Å²) in [5.41, 5.74) is 0.613. The zero-order valence-electron chi connectivity index (χ0n) is 11.9. The second kappa shape index (κ2) is 6.22. The van der Waals surface area contributed by atoms with Gasteiger partial charge in [0.25, 0.3) is 0 Å². The van der Waals surface area contributed by atoms with Crippen molar-refractivity contribution >= 4 is 0 Å². The lowest BCUT2D eigenvalue weighted by Gasteiger charge is -2.34. The molecule has 2 saturated carbocycles. The smallest absolute Gasteiger partial charge is 0.00674 e. The van der Waals surface area contributed by atoms with Gasteiger partial charge in [-0.15, -0.1) is 0 Å². The first-order chi connectivity index (χ1) is 8.16. The van der Waals surface area contributed by atoms with Gasteiger partial charge >= 0.3 is 0 Å². The molecule has 0 bridgehead atoms. The molecular formula is C16H31N. The maximum atomic E-state index is 3.78. The van der Waals surface area contributed by atoms with Crippen molar-refractivity contribution in [2.45, 2.75) is 84.1 Å². The summed E-state index contributed by atoms with van der Waals surface area (Å²) in [6, 6.07) is 0.826. The van der Waals surface area contributed by atoms with Crippen LogP contribution in [0.4, 0.5) is 0 Å². The quantitative estimate of drug-likeness (QED) is 0.693. The highest BCUT2D eigenvalue weighted by Crippen LogP contribution is 2.35. The molecule has 0 aromatic heterocycles. The van der Waals surface area contributed by atoms with Gasteiger partial charge in [0.05, 0.1) is 0 Å². The van der Waals surface area contributed by atoms with Crippen LogP contribution in [0.25, 0.3) is 0 Å². The van der Waals surface area contributed by atoms with Crippen LogP contribution in [0.2, 0.25) is 0 Å². The summed E-state index contributed by atoms with van der Waals surface area (Å²) in [6.07, 6.45) is 14.5. The second-order valence-corrected chi connectivity index (χ2v) is 7.19. The Balaban J connectivity index is 1.51. The van der Waals surface area contributed by atoms with Crippen molar-refractivity contribution in [2.24, 2.45) is 11.3 Å². The Kier molecular flexibility index (Phi) is 4.90. The SMILES string of the molecule is CC1(C)CCC(NCCCC2CCCC2)CC1. The zero-order chi connectivity index (χ0) is 12.1. The van der Waals surface area contributed by atoms with Crippen LogP contribution in [0, 0.1) is 11.3 Å². The van der Waals surface area contributed by atoms with Crippen molar-refractivity contribution in [1.29, 1.82) is 0 Å². The zero-order valence-corrected chi connectivity index (χ0v) is 11.9. The van der Waals surface area contributed by atoms with Crippen molar-refractivity contribution in [3.05, 3.63) is 0 Å². The third-order valence-corrected chi connectivity index (χ3v) is 5.04. The molecule has 1 heteroatoms. The Bertz CT molecular complexity index is 206. The topological polar surface area (TPSA) is 12.0 Å². The first kappa shape index (κ1) is 13.4. The molecule has 0 aliphatic heterocycles. The number of nitrogens with one attached hydrogen (secondary N) is 1. The van der Waals surface area contributed by atoms with Crippen molar-refractivity contribution in [3.8, 4) is 0 Å². The molecule has 2 aliphatic rings. The lowest BCUT2D eigenvalue weighted by molar-refractivity contribution is 0.206. The molecule has 0 aromatic rings. The highest BCUT2D eigenvalue weighted by Gasteiger charge is 2.26. The minimum atomic E-state index is 0.613. The molecule has 0 radical (unpaired) electrons. The minimum absolute atomic E-state index is 0.613. The first-order valence-electron chi connectivity index (χ1n) is 7.89. The fraction of sp³-hybridized carbons (Fsp3) is 1.00. The van der Waals surface area contributed by atoms with E-state index in [0.29, 0.717) is 5.41 Å². The number of hydrogen-bond acceptors (Lipinski definition) is 1. The highest BCUT2D eigenvalue weighted by atomic mass is 14.9. The van der Waals surface area contributed by atoms with E-state index in [0.717, 1.165) is 12.0 Å². The van der Waals surface area contributed by atoms with Crippen molar-refractivity contribution in [1.82, 2.24) is 5.32 Å². The van der Waals surface area contributed by atoms with Crippen LogP contribution in [0.5, 0.6) is 0 Å². The molecule has 0 atom stereocenters. The third-order valence-electron chi connectivity index (χ3n) is 5.04. The predicted octanol–water partition coefficient (Wildman–Crippen LogP) is 4.52. The highest BCUT2D eigenvalue weighted by molar-refractivity contribution is 4.82. The Labute approximate surface area is 108 Å². The predicted molar refractivity (Wildman–Crippen MR) is 75.2 cm³/mol. The number of hydrogen-bond donors (Lipinski definition) is 1. The van der Waals surface area contributed by atoms with Gasteiger partial charge in [0, 0.05) is 6.04 Å². The molecule has 2 rings (SSSR count). The third kappa shape index (κ3) is 4.62. The van der Waals surface area contributed by atoms with Gasteiger partial charge < -0.3 is 5.32 Å². The van der Waals surface area contributed by atoms with Gasteiger partial charge in [-0.3, -0.25) is 0 Å². The molecule has 0 amide bonds. The van der Waals surface area contributed by atoms with Crippen LogP contribution >= 0.6 is 0 Å². The second-order valence-electron chi connectivity index (χ2n) is 7.19. The molecule has 1 N–H and O–H groups in total. The summed E-state index contributed by atoms with van der Waals surface area (Å²) < 4.78 is 0. The summed E-state index contributed by atoms with van der Waals surface area (Å²) in [4.78, 5) is 0. The summed E-state index contributed by atoms with van der Waals surface area (Å²) in [5.74, 6) is 1.07. The fourth-order valence-electron chi connectivity index (χ4n) is 3.60. The van der Waals surface area contributed by atoms with Crippen molar-refractivity contribution < 1.29 is 0 Å². The van der Waals surface area contributed by atoms with Gasteiger partial charge in [-0.25, -0.2) is 0 Å². The molecule has 0 saturated heterocycles. The standard InChI is InChI=1S/C16H31N/c1-16(2)11-9-15(10-12-16)17-13-5-8-14-6-3-4-7-14/h14-15,17H,3-13H2,1-2H3. The van der Waals surface area contributed by atoms with Gasteiger partial charge in [-0.1, -0.05) is 39.5 Å².